The number of aromatic hydroxyl groups is 1. The van der Waals surface area contributed by atoms with Gasteiger partial charge in [-0.3, -0.25) is 4.98 Å². The van der Waals surface area contributed by atoms with E-state index in [1.54, 1.807) is 13.1 Å². The fraction of sp³-hybridized carbons (Fsp3) is 0.625. The van der Waals surface area contributed by atoms with Crippen molar-refractivity contribution < 1.29 is 19.7 Å². The first-order chi connectivity index (χ1) is 10.7. The van der Waals surface area contributed by atoms with E-state index in [2.05, 4.69) is 15.6 Å². The van der Waals surface area contributed by atoms with Crippen molar-refractivity contribution in [3.05, 3.63) is 23.0 Å². The fourth-order valence-electron chi connectivity index (χ4n) is 2.29. The van der Waals surface area contributed by atoms with E-state index in [9.17, 15) is 15.0 Å². The van der Waals surface area contributed by atoms with Gasteiger partial charge in [0.15, 0.2) is 0 Å². The molecule has 1 heterocycles. The molecule has 7 nitrogen and oxygen atoms in total. The number of rotatable bonds is 5. The van der Waals surface area contributed by atoms with Gasteiger partial charge in [0, 0.05) is 36.0 Å². The number of ether oxygens (including phenoxy) is 1. The van der Waals surface area contributed by atoms with Crippen LogP contribution in [0.5, 0.6) is 5.75 Å². The number of hydrogen-bond donors (Lipinski definition) is 4. The average Bonchev–Trinajstić information content (AvgIpc) is 3.16. The summed E-state index contributed by atoms with van der Waals surface area (Å²) in [6.45, 7) is 7.40. The van der Waals surface area contributed by atoms with Gasteiger partial charge in [-0.1, -0.05) is 0 Å². The molecule has 4 N–H and O–H groups in total. The van der Waals surface area contributed by atoms with Crippen LogP contribution in [0, 0.1) is 6.92 Å². The second-order valence-corrected chi connectivity index (χ2v) is 6.83. The minimum atomic E-state index is -0.516. The van der Waals surface area contributed by atoms with Gasteiger partial charge in [0.25, 0.3) is 0 Å². The van der Waals surface area contributed by atoms with Crippen LogP contribution in [-0.2, 0) is 17.9 Å². The summed E-state index contributed by atoms with van der Waals surface area (Å²) < 4.78 is 5.21. The van der Waals surface area contributed by atoms with Crippen molar-refractivity contribution in [2.45, 2.75) is 65.0 Å². The Morgan fingerprint density at radius 2 is 2.13 bits per heavy atom. The molecule has 0 spiro atoms. The number of carbonyl (C=O) groups excluding carboxylic acids is 1. The Morgan fingerprint density at radius 3 is 2.74 bits per heavy atom. The number of nitrogens with one attached hydrogen (secondary N) is 2. The van der Waals surface area contributed by atoms with Gasteiger partial charge in [0.2, 0.25) is 0 Å². The highest BCUT2D eigenvalue weighted by Crippen LogP contribution is 2.27. The van der Waals surface area contributed by atoms with E-state index in [0.29, 0.717) is 23.4 Å². The van der Waals surface area contributed by atoms with E-state index >= 15 is 0 Å². The van der Waals surface area contributed by atoms with Crippen molar-refractivity contribution in [3.8, 4) is 5.75 Å². The molecular formula is C16H25N3O4. The lowest BCUT2D eigenvalue weighted by atomic mass is 10.1. The molecule has 1 aromatic rings. The summed E-state index contributed by atoms with van der Waals surface area (Å²) in [5.41, 5.74) is 1.25. The first-order valence-corrected chi connectivity index (χ1v) is 7.71. The Bertz CT molecular complexity index is 583. The Balaban J connectivity index is 1.85. The number of aliphatic hydroxyl groups is 1. The molecule has 7 heteroatoms. The molecule has 128 valence electrons. The first-order valence-electron chi connectivity index (χ1n) is 7.71. The van der Waals surface area contributed by atoms with Crippen molar-refractivity contribution in [2.75, 3.05) is 0 Å². The molecule has 1 aliphatic rings. The molecule has 1 aromatic heterocycles. The summed E-state index contributed by atoms with van der Waals surface area (Å²) in [5.74, 6) is 0.0985. The predicted molar refractivity (Wildman–Crippen MR) is 85.0 cm³/mol. The van der Waals surface area contributed by atoms with E-state index in [-0.39, 0.29) is 24.4 Å². The third-order valence-corrected chi connectivity index (χ3v) is 3.63. The van der Waals surface area contributed by atoms with Gasteiger partial charge in [0.1, 0.15) is 11.4 Å². The number of alkyl carbamates (subject to hydrolysis) is 1. The third kappa shape index (κ3) is 4.80. The maximum Gasteiger partial charge on any atom is 0.407 e. The van der Waals surface area contributed by atoms with Crippen molar-refractivity contribution in [1.29, 1.82) is 0 Å². The molecule has 2 atom stereocenters. The Kier molecular flexibility index (Phi) is 5.11. The van der Waals surface area contributed by atoms with Crippen LogP contribution in [0.15, 0.2) is 6.20 Å². The average molecular weight is 323 g/mol. The summed E-state index contributed by atoms with van der Waals surface area (Å²) >= 11 is 0. The van der Waals surface area contributed by atoms with Crippen molar-refractivity contribution in [1.82, 2.24) is 15.6 Å². The second-order valence-electron chi connectivity index (χ2n) is 6.83. The number of hydrogen-bond acceptors (Lipinski definition) is 6. The van der Waals surface area contributed by atoms with Crippen LogP contribution >= 0.6 is 0 Å². The molecule has 1 amide bonds. The summed E-state index contributed by atoms with van der Waals surface area (Å²) in [4.78, 5) is 15.7. The number of aryl methyl sites for hydroxylation is 1. The standard InChI is InChI=1S/C16H25N3O4/c1-9-14(21)11(10(8-20)6-17-9)7-18-12-5-13(12)19-15(22)23-16(2,3)4/h6,12-13,18,20-21H,5,7-8H2,1-4H3,(H,19,22). The Morgan fingerprint density at radius 1 is 1.43 bits per heavy atom. The number of amides is 1. The molecule has 0 aliphatic heterocycles. The van der Waals surface area contributed by atoms with Gasteiger partial charge in [-0.2, -0.15) is 0 Å². The Labute approximate surface area is 136 Å². The minimum absolute atomic E-state index is 0.0208. The summed E-state index contributed by atoms with van der Waals surface area (Å²) in [7, 11) is 0. The van der Waals surface area contributed by atoms with Gasteiger partial charge in [-0.25, -0.2) is 4.79 Å². The second kappa shape index (κ2) is 6.72. The monoisotopic (exact) mass is 323 g/mol. The third-order valence-electron chi connectivity index (χ3n) is 3.63. The van der Waals surface area contributed by atoms with Crippen LogP contribution in [0.25, 0.3) is 0 Å². The normalized spacial score (nSPS) is 20.2. The molecule has 0 aromatic carbocycles. The largest absolute Gasteiger partial charge is 0.506 e. The maximum atomic E-state index is 11.7. The molecule has 23 heavy (non-hydrogen) atoms. The van der Waals surface area contributed by atoms with E-state index in [1.807, 2.05) is 20.8 Å². The van der Waals surface area contributed by atoms with E-state index in [0.717, 1.165) is 6.42 Å². The number of aliphatic hydroxyl groups excluding tert-OH is 1. The van der Waals surface area contributed by atoms with E-state index < -0.39 is 11.7 Å². The van der Waals surface area contributed by atoms with Crippen molar-refractivity contribution >= 4 is 6.09 Å². The van der Waals surface area contributed by atoms with Crippen LogP contribution in [0.3, 0.4) is 0 Å². The fourth-order valence-corrected chi connectivity index (χ4v) is 2.29. The predicted octanol–water partition coefficient (Wildman–Crippen LogP) is 1.34. The quantitative estimate of drug-likeness (QED) is 0.652. The SMILES string of the molecule is Cc1ncc(CO)c(CNC2CC2NC(=O)OC(C)(C)C)c1O. The van der Waals surface area contributed by atoms with Crippen LogP contribution < -0.4 is 10.6 Å². The topological polar surface area (TPSA) is 104 Å². The zero-order valence-corrected chi connectivity index (χ0v) is 14.0. The van der Waals surface area contributed by atoms with Crippen molar-refractivity contribution in [2.24, 2.45) is 0 Å². The van der Waals surface area contributed by atoms with Crippen LogP contribution in [0.2, 0.25) is 0 Å². The van der Waals surface area contributed by atoms with Gasteiger partial charge >= 0.3 is 6.09 Å². The molecule has 2 rings (SSSR count). The lowest BCUT2D eigenvalue weighted by Gasteiger charge is -2.19. The number of aromatic nitrogens is 1. The van der Waals surface area contributed by atoms with Gasteiger partial charge < -0.3 is 25.6 Å². The lowest BCUT2D eigenvalue weighted by molar-refractivity contribution is 0.0522. The molecule has 2 unspecified atom stereocenters. The van der Waals surface area contributed by atoms with Crippen LogP contribution in [0.1, 0.15) is 44.0 Å². The summed E-state index contributed by atoms with van der Waals surface area (Å²) in [6.07, 6.45) is 1.94. The highest BCUT2D eigenvalue weighted by Gasteiger charge is 2.39. The zero-order chi connectivity index (χ0) is 17.2. The highest BCUT2D eigenvalue weighted by atomic mass is 16.6. The number of nitrogens with zero attached hydrogens (tertiary/aromatic N) is 1. The highest BCUT2D eigenvalue weighted by molar-refractivity contribution is 5.68. The minimum Gasteiger partial charge on any atom is -0.506 e. The maximum absolute atomic E-state index is 11.7. The van der Waals surface area contributed by atoms with Crippen LogP contribution in [0.4, 0.5) is 4.79 Å². The first kappa shape index (κ1) is 17.5. The van der Waals surface area contributed by atoms with Crippen LogP contribution in [-0.4, -0.2) is 39.0 Å². The summed E-state index contributed by atoms with van der Waals surface area (Å²) in [5, 5.41) is 25.5. The molecule has 1 aliphatic carbocycles. The molecule has 0 saturated heterocycles. The zero-order valence-electron chi connectivity index (χ0n) is 14.0. The molecule has 1 fully saturated rings. The van der Waals surface area contributed by atoms with Gasteiger partial charge in [-0.05, 0) is 34.1 Å². The van der Waals surface area contributed by atoms with Gasteiger partial charge in [-0.15, -0.1) is 0 Å². The molecule has 0 radical (unpaired) electrons. The summed E-state index contributed by atoms with van der Waals surface area (Å²) in [6, 6.07) is 0.148. The molecular weight excluding hydrogens is 298 g/mol. The van der Waals surface area contributed by atoms with E-state index in [1.165, 1.54) is 0 Å². The van der Waals surface area contributed by atoms with E-state index in [4.69, 9.17) is 4.74 Å². The molecule has 0 bridgehead atoms. The van der Waals surface area contributed by atoms with Crippen molar-refractivity contribution in [3.63, 3.8) is 0 Å². The lowest BCUT2D eigenvalue weighted by Crippen LogP contribution is -2.36. The number of carbonyl (C=O) groups is 1. The van der Waals surface area contributed by atoms with Gasteiger partial charge in [0.05, 0.1) is 12.3 Å². The molecule has 1 saturated carbocycles. The number of pyridine rings is 1. The Hall–Kier alpha value is -1.86. The smallest absolute Gasteiger partial charge is 0.407 e.